The van der Waals surface area contributed by atoms with E-state index in [9.17, 15) is 24.3 Å². The SMILES string of the molecule is C=C(O)[C@H](Cc1ccccc1)NC(=O)[C@H](C)[C@@H](OC)[C@@H]1CCCN1C(=O)C[C@@H](OC)[C@H]([C@@H](C)CC)N(C)C(=O)[C@@H](CC(=O)[C@]1(C)CCCN1)C(C)C. The number of aliphatic hydroxyl groups is 1. The van der Waals surface area contributed by atoms with E-state index in [4.69, 9.17) is 9.47 Å². The molecule has 0 spiro atoms. The summed E-state index contributed by atoms with van der Waals surface area (Å²) in [5.74, 6) is -1.77. The second-order valence-corrected chi connectivity index (χ2v) is 15.7. The number of rotatable bonds is 20. The lowest BCUT2D eigenvalue weighted by molar-refractivity contribution is -0.149. The molecule has 3 rings (SSSR count). The molecule has 0 bridgehead atoms. The zero-order valence-electron chi connectivity index (χ0n) is 33.2. The smallest absolute Gasteiger partial charge is 0.226 e. The summed E-state index contributed by atoms with van der Waals surface area (Å²) in [7, 11) is 4.91. The Kier molecular flexibility index (Phi) is 16.3. The molecule has 3 amide bonds. The first-order valence-corrected chi connectivity index (χ1v) is 19.2. The number of aliphatic hydroxyl groups excluding tert-OH is 1. The summed E-state index contributed by atoms with van der Waals surface area (Å²) in [6.45, 7) is 16.8. The van der Waals surface area contributed by atoms with Crippen LogP contribution in [-0.4, -0.2) is 109 Å². The second kappa shape index (κ2) is 19.7. The highest BCUT2D eigenvalue weighted by Gasteiger charge is 2.44. The number of likely N-dealkylation sites (N-methyl/N-ethyl adjacent to an activating group) is 1. The van der Waals surface area contributed by atoms with E-state index >= 15 is 0 Å². The van der Waals surface area contributed by atoms with Gasteiger partial charge in [-0.2, -0.15) is 0 Å². The highest BCUT2D eigenvalue weighted by Crippen LogP contribution is 2.32. The van der Waals surface area contributed by atoms with E-state index in [2.05, 4.69) is 31.1 Å². The van der Waals surface area contributed by atoms with E-state index in [1.54, 1.807) is 38.0 Å². The quantitative estimate of drug-likeness (QED) is 0.158. The predicted octanol–water partition coefficient (Wildman–Crippen LogP) is 5.08. The van der Waals surface area contributed by atoms with Crippen molar-refractivity contribution >= 4 is 23.5 Å². The van der Waals surface area contributed by atoms with Gasteiger partial charge in [0, 0.05) is 40.2 Å². The van der Waals surface area contributed by atoms with Gasteiger partial charge in [0.1, 0.15) is 5.76 Å². The average molecular weight is 727 g/mol. The van der Waals surface area contributed by atoms with Crippen LogP contribution in [0.5, 0.6) is 0 Å². The van der Waals surface area contributed by atoms with E-state index < -0.39 is 41.7 Å². The molecule has 3 N–H and O–H groups in total. The van der Waals surface area contributed by atoms with Gasteiger partial charge in [-0.25, -0.2) is 0 Å². The van der Waals surface area contributed by atoms with Gasteiger partial charge in [-0.05, 0) is 63.0 Å². The molecule has 2 saturated heterocycles. The molecule has 0 radical (unpaired) electrons. The van der Waals surface area contributed by atoms with Gasteiger partial charge in [0.15, 0.2) is 5.78 Å². The first-order chi connectivity index (χ1) is 24.6. The van der Waals surface area contributed by atoms with Gasteiger partial charge in [-0.15, -0.1) is 0 Å². The Hall–Kier alpha value is -3.28. The third kappa shape index (κ3) is 10.7. The van der Waals surface area contributed by atoms with Crippen LogP contribution < -0.4 is 10.6 Å². The number of amides is 3. The fourth-order valence-corrected chi connectivity index (χ4v) is 8.14. The highest BCUT2D eigenvalue weighted by molar-refractivity contribution is 5.92. The molecule has 0 unspecified atom stereocenters. The Bertz CT molecular complexity index is 1350. The Morgan fingerprint density at radius 3 is 2.29 bits per heavy atom. The van der Waals surface area contributed by atoms with Crippen LogP contribution in [0.3, 0.4) is 0 Å². The maximum Gasteiger partial charge on any atom is 0.226 e. The molecule has 2 heterocycles. The van der Waals surface area contributed by atoms with Crippen LogP contribution in [0, 0.1) is 23.7 Å². The summed E-state index contributed by atoms with van der Waals surface area (Å²) in [5, 5.41) is 16.6. The molecule has 2 fully saturated rings. The van der Waals surface area contributed by atoms with Crippen LogP contribution in [-0.2, 0) is 35.1 Å². The molecule has 0 saturated carbocycles. The summed E-state index contributed by atoms with van der Waals surface area (Å²) in [6.07, 6.45) is 3.31. The molecule has 2 aliphatic heterocycles. The summed E-state index contributed by atoms with van der Waals surface area (Å²) < 4.78 is 12.0. The number of likely N-dealkylation sites (tertiary alicyclic amines) is 1. The first-order valence-electron chi connectivity index (χ1n) is 19.2. The number of hydrogen-bond donors (Lipinski definition) is 3. The van der Waals surface area contributed by atoms with E-state index in [1.165, 1.54) is 0 Å². The van der Waals surface area contributed by atoms with Crippen molar-refractivity contribution < 1.29 is 33.8 Å². The molecule has 11 nitrogen and oxygen atoms in total. The zero-order valence-corrected chi connectivity index (χ0v) is 33.2. The van der Waals surface area contributed by atoms with Crippen molar-refractivity contribution in [2.75, 3.05) is 34.4 Å². The fraction of sp³-hybridized carbons (Fsp3) is 0.707. The zero-order chi connectivity index (χ0) is 38.7. The minimum absolute atomic E-state index is 0.0131. The number of carbonyl (C=O) groups excluding carboxylic acids is 4. The Morgan fingerprint density at radius 2 is 1.75 bits per heavy atom. The monoisotopic (exact) mass is 726 g/mol. The van der Waals surface area contributed by atoms with Crippen LogP contribution >= 0.6 is 0 Å². The molecular weight excluding hydrogens is 660 g/mol. The minimum Gasteiger partial charge on any atom is -0.511 e. The molecule has 292 valence electrons. The van der Waals surface area contributed by atoms with Gasteiger partial charge in [0.2, 0.25) is 17.7 Å². The Labute approximate surface area is 312 Å². The predicted molar refractivity (Wildman–Crippen MR) is 204 cm³/mol. The number of benzene rings is 1. The maximum atomic E-state index is 14.2. The van der Waals surface area contributed by atoms with E-state index in [-0.39, 0.29) is 60.0 Å². The first kappa shape index (κ1) is 43.1. The van der Waals surface area contributed by atoms with E-state index in [1.807, 2.05) is 51.1 Å². The van der Waals surface area contributed by atoms with Gasteiger partial charge in [0.05, 0.1) is 48.2 Å². The largest absolute Gasteiger partial charge is 0.511 e. The van der Waals surface area contributed by atoms with Crippen LogP contribution in [0.25, 0.3) is 0 Å². The molecule has 1 aromatic carbocycles. The molecule has 9 atom stereocenters. The molecule has 0 aromatic heterocycles. The average Bonchev–Trinajstić information content (AvgIpc) is 3.80. The number of nitrogens with zero attached hydrogens (tertiary/aromatic N) is 2. The number of ketones is 1. The molecule has 1 aromatic rings. The van der Waals surface area contributed by atoms with Crippen molar-refractivity contribution in [2.24, 2.45) is 23.7 Å². The second-order valence-electron chi connectivity index (χ2n) is 15.7. The van der Waals surface area contributed by atoms with Gasteiger partial charge < -0.3 is 35.0 Å². The maximum absolute atomic E-state index is 14.2. The number of Topliss-reactive ketones (excluding diaryl/α,β-unsaturated/α-hetero) is 1. The summed E-state index contributed by atoms with van der Waals surface area (Å²) in [5.41, 5.74) is 0.344. The number of carbonyl (C=O) groups is 4. The van der Waals surface area contributed by atoms with Gasteiger partial charge >= 0.3 is 0 Å². The molecule has 52 heavy (non-hydrogen) atoms. The summed E-state index contributed by atoms with van der Waals surface area (Å²) in [4.78, 5) is 59.0. The van der Waals surface area contributed by atoms with Crippen molar-refractivity contribution in [3.8, 4) is 0 Å². The van der Waals surface area contributed by atoms with Crippen molar-refractivity contribution in [2.45, 2.75) is 129 Å². The van der Waals surface area contributed by atoms with Crippen LogP contribution in [0.1, 0.15) is 92.1 Å². The third-order valence-corrected chi connectivity index (χ3v) is 11.8. The Balaban J connectivity index is 1.76. The number of ether oxygens (including phenoxy) is 2. The van der Waals surface area contributed by atoms with Crippen molar-refractivity contribution in [3.63, 3.8) is 0 Å². The number of hydrogen-bond acceptors (Lipinski definition) is 8. The lowest BCUT2D eigenvalue weighted by atomic mass is 9.82. The van der Waals surface area contributed by atoms with Crippen molar-refractivity contribution in [1.82, 2.24) is 20.4 Å². The normalized spacial score (nSPS) is 23.0. The molecular formula is C41H66N4O7. The molecule has 11 heteroatoms. The van der Waals surface area contributed by atoms with Crippen molar-refractivity contribution in [3.05, 3.63) is 48.2 Å². The molecule has 2 aliphatic rings. The standard InChI is InChI=1S/C41H66N4O7/c1-11-27(4)37(44(8)40(50)31(26(2)3)24-35(47)41(7)20-16-21-42-41)34(51-9)25-36(48)45-22-15-19-33(45)38(52-10)28(5)39(49)43-32(29(6)46)23-30-17-13-12-14-18-30/h12-14,17-18,26-28,31-34,37-38,42,46H,6,11,15-16,19-25H2,1-5,7-10H3,(H,43,49)/t27-,28+,31-,32-,33-,34+,37-,38+,41-/m0/s1. The van der Waals surface area contributed by atoms with Crippen molar-refractivity contribution in [1.29, 1.82) is 0 Å². The number of methoxy groups -OCH3 is 2. The van der Waals surface area contributed by atoms with Crippen LogP contribution in [0.4, 0.5) is 0 Å². The number of nitrogens with one attached hydrogen (secondary N) is 2. The molecule has 0 aliphatic carbocycles. The minimum atomic E-state index is -0.674. The third-order valence-electron chi connectivity index (χ3n) is 11.8. The summed E-state index contributed by atoms with van der Waals surface area (Å²) >= 11 is 0. The lowest BCUT2D eigenvalue weighted by Crippen LogP contribution is -2.55. The summed E-state index contributed by atoms with van der Waals surface area (Å²) in [6, 6.07) is 8.15. The van der Waals surface area contributed by atoms with Crippen LogP contribution in [0.15, 0.2) is 42.7 Å². The van der Waals surface area contributed by atoms with Gasteiger partial charge in [-0.1, -0.05) is 78.0 Å². The Morgan fingerprint density at radius 1 is 1.08 bits per heavy atom. The van der Waals surface area contributed by atoms with Gasteiger partial charge in [0.25, 0.3) is 0 Å². The fourth-order valence-electron chi connectivity index (χ4n) is 8.14. The topological polar surface area (TPSA) is 138 Å². The van der Waals surface area contributed by atoms with E-state index in [0.717, 1.165) is 37.8 Å². The lowest BCUT2D eigenvalue weighted by Gasteiger charge is -2.41. The van der Waals surface area contributed by atoms with Crippen LogP contribution in [0.2, 0.25) is 0 Å². The van der Waals surface area contributed by atoms with Gasteiger partial charge in [-0.3, -0.25) is 19.2 Å². The van der Waals surface area contributed by atoms with E-state index in [0.29, 0.717) is 19.4 Å². The highest BCUT2D eigenvalue weighted by atomic mass is 16.5.